The summed E-state index contributed by atoms with van der Waals surface area (Å²) in [5.74, 6) is 0.310. The van der Waals surface area contributed by atoms with E-state index in [0.29, 0.717) is 5.92 Å². The highest BCUT2D eigenvalue weighted by Crippen LogP contribution is 2.52. The predicted molar refractivity (Wildman–Crippen MR) is 63.1 cm³/mol. The third-order valence-electron chi connectivity index (χ3n) is 5.08. The number of rotatable bonds is 1. The summed E-state index contributed by atoms with van der Waals surface area (Å²) in [4.78, 5) is 0. The van der Waals surface area contributed by atoms with Gasteiger partial charge >= 0.3 is 0 Å². The summed E-state index contributed by atoms with van der Waals surface area (Å²) in [7, 11) is 0. The maximum absolute atomic E-state index is 9.60. The fraction of sp³-hybridized carbons (Fsp3) is 0.929. The highest BCUT2D eigenvalue weighted by atomic mass is 16.7. The van der Waals surface area contributed by atoms with Gasteiger partial charge < -0.3 is 9.47 Å². The molecule has 1 heterocycles. The van der Waals surface area contributed by atoms with Gasteiger partial charge in [0.15, 0.2) is 5.79 Å². The van der Waals surface area contributed by atoms with Crippen LogP contribution in [0.4, 0.5) is 0 Å². The summed E-state index contributed by atoms with van der Waals surface area (Å²) in [6.07, 6.45) is 8.89. The number of hydrogen-bond donors (Lipinski definition) is 0. The van der Waals surface area contributed by atoms with Gasteiger partial charge in [0.2, 0.25) is 0 Å². The maximum Gasteiger partial charge on any atom is 0.168 e. The highest BCUT2D eigenvalue weighted by Gasteiger charge is 2.50. The smallest absolute Gasteiger partial charge is 0.168 e. The first kappa shape index (κ1) is 11.5. The minimum Gasteiger partial charge on any atom is -0.348 e. The van der Waals surface area contributed by atoms with Gasteiger partial charge in [0.25, 0.3) is 0 Å². The molecule has 1 spiro atoms. The quantitative estimate of drug-likeness (QED) is 0.701. The molecule has 3 fully saturated rings. The van der Waals surface area contributed by atoms with Crippen molar-refractivity contribution in [2.45, 2.75) is 57.2 Å². The van der Waals surface area contributed by atoms with Gasteiger partial charge in [-0.1, -0.05) is 12.8 Å². The van der Waals surface area contributed by atoms with Crippen molar-refractivity contribution in [2.24, 2.45) is 11.3 Å². The van der Waals surface area contributed by atoms with E-state index in [1.807, 2.05) is 0 Å². The molecular formula is C14H21NO2. The summed E-state index contributed by atoms with van der Waals surface area (Å²) in [5.41, 5.74) is -0.0724. The molecule has 2 saturated carbocycles. The molecule has 0 radical (unpaired) electrons. The molecule has 0 amide bonds. The third kappa shape index (κ3) is 1.88. The van der Waals surface area contributed by atoms with E-state index in [9.17, 15) is 5.26 Å². The van der Waals surface area contributed by atoms with E-state index in [0.717, 1.165) is 38.9 Å². The van der Waals surface area contributed by atoms with Crippen LogP contribution >= 0.6 is 0 Å². The molecule has 0 aromatic rings. The van der Waals surface area contributed by atoms with Crippen LogP contribution in [-0.2, 0) is 9.47 Å². The van der Waals surface area contributed by atoms with Crippen molar-refractivity contribution in [1.82, 2.24) is 0 Å². The lowest BCUT2D eigenvalue weighted by Crippen LogP contribution is -2.42. The number of hydrogen-bond acceptors (Lipinski definition) is 3. The Labute approximate surface area is 103 Å². The summed E-state index contributed by atoms with van der Waals surface area (Å²) < 4.78 is 11.5. The van der Waals surface area contributed by atoms with E-state index >= 15 is 0 Å². The molecule has 0 aromatic heterocycles. The Hall–Kier alpha value is -0.590. The van der Waals surface area contributed by atoms with E-state index < -0.39 is 0 Å². The van der Waals surface area contributed by atoms with Crippen molar-refractivity contribution in [3.8, 4) is 6.07 Å². The van der Waals surface area contributed by atoms with Gasteiger partial charge in [-0.2, -0.15) is 5.26 Å². The van der Waals surface area contributed by atoms with Gasteiger partial charge in [-0.25, -0.2) is 0 Å². The van der Waals surface area contributed by atoms with Gasteiger partial charge in [0.05, 0.1) is 24.7 Å². The lowest BCUT2D eigenvalue weighted by Gasteiger charge is -2.42. The van der Waals surface area contributed by atoms with Crippen LogP contribution in [0, 0.1) is 22.7 Å². The molecule has 2 aliphatic carbocycles. The van der Waals surface area contributed by atoms with Crippen molar-refractivity contribution < 1.29 is 9.47 Å². The molecule has 0 N–H and O–H groups in total. The predicted octanol–water partition coefficient (Wildman–Crippen LogP) is 3.00. The summed E-state index contributed by atoms with van der Waals surface area (Å²) in [6.45, 7) is 1.45. The number of nitrogens with zero attached hydrogens (tertiary/aromatic N) is 1. The zero-order valence-electron chi connectivity index (χ0n) is 10.4. The van der Waals surface area contributed by atoms with E-state index in [4.69, 9.17) is 9.47 Å². The third-order valence-corrected chi connectivity index (χ3v) is 5.08. The van der Waals surface area contributed by atoms with Crippen LogP contribution in [0.15, 0.2) is 0 Å². The Kier molecular flexibility index (Phi) is 2.88. The van der Waals surface area contributed by atoms with Gasteiger partial charge in [-0.15, -0.1) is 0 Å². The summed E-state index contributed by atoms with van der Waals surface area (Å²) in [5, 5.41) is 9.60. The average Bonchev–Trinajstić information content (AvgIpc) is 3.03. The molecular weight excluding hydrogens is 214 g/mol. The van der Waals surface area contributed by atoms with Crippen LogP contribution in [0.2, 0.25) is 0 Å². The van der Waals surface area contributed by atoms with Crippen molar-refractivity contribution >= 4 is 0 Å². The Morgan fingerprint density at radius 3 is 2.06 bits per heavy atom. The van der Waals surface area contributed by atoms with Gasteiger partial charge in [-0.3, -0.25) is 0 Å². The van der Waals surface area contributed by atoms with Crippen LogP contribution in [0.25, 0.3) is 0 Å². The lowest BCUT2D eigenvalue weighted by atomic mass is 9.65. The molecule has 3 rings (SSSR count). The van der Waals surface area contributed by atoms with Crippen molar-refractivity contribution in [3.05, 3.63) is 0 Å². The molecule has 17 heavy (non-hydrogen) atoms. The van der Waals surface area contributed by atoms with Gasteiger partial charge in [-0.05, 0) is 31.6 Å². The Balaban J connectivity index is 1.71. The molecule has 94 valence electrons. The summed E-state index contributed by atoms with van der Waals surface area (Å²) >= 11 is 0. The van der Waals surface area contributed by atoms with Crippen LogP contribution in [-0.4, -0.2) is 19.0 Å². The zero-order chi connectivity index (χ0) is 11.8. The molecule has 3 aliphatic rings. The zero-order valence-corrected chi connectivity index (χ0v) is 10.4. The van der Waals surface area contributed by atoms with E-state index in [2.05, 4.69) is 6.07 Å². The number of nitriles is 1. The second-order valence-corrected chi connectivity index (χ2v) is 5.86. The van der Waals surface area contributed by atoms with Crippen LogP contribution in [0.1, 0.15) is 51.4 Å². The van der Waals surface area contributed by atoms with Crippen molar-refractivity contribution in [3.63, 3.8) is 0 Å². The first-order valence-corrected chi connectivity index (χ1v) is 6.98. The maximum atomic E-state index is 9.60. The second kappa shape index (κ2) is 4.26. The normalized spacial score (nSPS) is 31.7. The van der Waals surface area contributed by atoms with Crippen molar-refractivity contribution in [2.75, 3.05) is 13.2 Å². The van der Waals surface area contributed by atoms with Crippen LogP contribution in [0.3, 0.4) is 0 Å². The molecule has 1 saturated heterocycles. The highest BCUT2D eigenvalue weighted by molar-refractivity contribution is 5.08. The standard InChI is InChI=1S/C14H21NO2/c15-11-13(12-3-1-2-4-12)5-7-14(8-6-13)16-9-10-17-14/h12H,1-10H2. The Bertz CT molecular complexity index is 312. The second-order valence-electron chi connectivity index (χ2n) is 5.86. The topological polar surface area (TPSA) is 42.2 Å². The van der Waals surface area contributed by atoms with E-state index in [1.54, 1.807) is 0 Å². The van der Waals surface area contributed by atoms with E-state index in [-0.39, 0.29) is 11.2 Å². The van der Waals surface area contributed by atoms with Gasteiger partial charge in [0, 0.05) is 12.8 Å². The number of ether oxygens (including phenoxy) is 2. The van der Waals surface area contributed by atoms with Crippen LogP contribution < -0.4 is 0 Å². The Morgan fingerprint density at radius 2 is 1.53 bits per heavy atom. The average molecular weight is 235 g/mol. The largest absolute Gasteiger partial charge is 0.348 e. The molecule has 0 bridgehead atoms. The molecule has 0 aromatic carbocycles. The molecule has 1 aliphatic heterocycles. The molecule has 3 heteroatoms. The minimum atomic E-state index is -0.320. The monoisotopic (exact) mass is 235 g/mol. The molecule has 0 atom stereocenters. The minimum absolute atomic E-state index is 0.0724. The van der Waals surface area contributed by atoms with Gasteiger partial charge in [0.1, 0.15) is 0 Å². The summed E-state index contributed by atoms with van der Waals surface area (Å²) in [6, 6.07) is 2.65. The molecule has 3 nitrogen and oxygen atoms in total. The first-order chi connectivity index (χ1) is 8.29. The first-order valence-electron chi connectivity index (χ1n) is 6.98. The van der Waals surface area contributed by atoms with E-state index in [1.165, 1.54) is 25.7 Å². The fourth-order valence-corrected chi connectivity index (χ4v) is 3.95. The molecule has 0 unspecified atom stereocenters. The Morgan fingerprint density at radius 1 is 0.941 bits per heavy atom. The van der Waals surface area contributed by atoms with Crippen LogP contribution in [0.5, 0.6) is 0 Å². The SMILES string of the molecule is N#CC1(C2CCCC2)CCC2(CC1)OCCO2. The lowest BCUT2D eigenvalue weighted by molar-refractivity contribution is -0.190. The fourth-order valence-electron chi connectivity index (χ4n) is 3.95. The van der Waals surface area contributed by atoms with Crippen molar-refractivity contribution in [1.29, 1.82) is 5.26 Å².